The molecule has 5 heteroatoms. The number of nitrogens with two attached hydrogens (primary N) is 1. The van der Waals surface area contributed by atoms with Gasteiger partial charge < -0.3 is 15.8 Å². The third-order valence-electron chi connectivity index (χ3n) is 1.24. The van der Waals surface area contributed by atoms with E-state index in [2.05, 4.69) is 5.32 Å². The molecular weight excluding hydrogens is 184 g/mol. The van der Waals surface area contributed by atoms with Crippen molar-refractivity contribution in [2.24, 2.45) is 5.73 Å². The number of carbonyl (C=O) groups is 2. The molecule has 82 valence electrons. The molecule has 0 spiro atoms. The van der Waals surface area contributed by atoms with Gasteiger partial charge in [0.2, 0.25) is 5.91 Å². The molecule has 5 nitrogen and oxygen atoms in total. The topological polar surface area (TPSA) is 81.4 Å². The molecule has 0 aromatic carbocycles. The Hall–Kier alpha value is -1.10. The molecule has 0 saturated carbocycles. The van der Waals surface area contributed by atoms with Crippen molar-refractivity contribution in [1.29, 1.82) is 0 Å². The summed E-state index contributed by atoms with van der Waals surface area (Å²) in [5.74, 6) is -0.831. The number of nitrogens with one attached hydrogen (secondary N) is 1. The summed E-state index contributed by atoms with van der Waals surface area (Å²) in [5, 5.41) is 2.37. The first kappa shape index (κ1) is 12.9. The first-order valence-electron chi connectivity index (χ1n) is 4.47. The van der Waals surface area contributed by atoms with Crippen molar-refractivity contribution < 1.29 is 14.3 Å². The van der Waals surface area contributed by atoms with Gasteiger partial charge in [-0.25, -0.2) is 0 Å². The summed E-state index contributed by atoms with van der Waals surface area (Å²) in [5.41, 5.74) is 4.75. The molecule has 3 N–H and O–H groups in total. The number of rotatable bonds is 3. The normalized spacial score (nSPS) is 13.2. The van der Waals surface area contributed by atoms with Gasteiger partial charge in [-0.3, -0.25) is 9.59 Å². The maximum absolute atomic E-state index is 11.1. The molecule has 1 amide bonds. The summed E-state index contributed by atoms with van der Waals surface area (Å²) in [6.45, 7) is 6.69. The van der Waals surface area contributed by atoms with Crippen LogP contribution in [0, 0.1) is 0 Å². The summed E-state index contributed by atoms with van der Waals surface area (Å²) in [6, 6.07) is -0.613. The predicted molar refractivity (Wildman–Crippen MR) is 52.5 cm³/mol. The summed E-state index contributed by atoms with van der Waals surface area (Å²) in [4.78, 5) is 22.1. The molecule has 0 heterocycles. The molecule has 0 unspecified atom stereocenters. The van der Waals surface area contributed by atoms with Crippen LogP contribution in [-0.4, -0.2) is 30.1 Å². The molecule has 0 fully saturated rings. The molecule has 1 atom stereocenters. The van der Waals surface area contributed by atoms with E-state index < -0.39 is 17.6 Å². The molecule has 0 radical (unpaired) electrons. The maximum atomic E-state index is 11.1. The summed E-state index contributed by atoms with van der Waals surface area (Å²) in [6.07, 6.45) is 0. The van der Waals surface area contributed by atoms with E-state index in [1.165, 1.54) is 0 Å². The van der Waals surface area contributed by atoms with Gasteiger partial charge in [0, 0.05) is 0 Å². The highest BCUT2D eigenvalue weighted by molar-refractivity contribution is 5.85. The molecule has 0 bridgehead atoms. The molecule has 14 heavy (non-hydrogen) atoms. The van der Waals surface area contributed by atoms with Crippen molar-refractivity contribution in [3.63, 3.8) is 0 Å². The fourth-order valence-electron chi connectivity index (χ4n) is 0.698. The molecule has 0 aliphatic heterocycles. The average molecular weight is 202 g/mol. The fourth-order valence-corrected chi connectivity index (χ4v) is 0.698. The number of amides is 1. The molecule has 0 rings (SSSR count). The van der Waals surface area contributed by atoms with Crippen LogP contribution in [0.1, 0.15) is 27.7 Å². The molecule has 0 aromatic rings. The summed E-state index contributed by atoms with van der Waals surface area (Å²) in [7, 11) is 0. The number of ether oxygens (including phenoxy) is 1. The Kier molecular flexibility index (Phi) is 4.56. The van der Waals surface area contributed by atoms with Gasteiger partial charge >= 0.3 is 5.97 Å². The number of carbonyl (C=O) groups excluding carboxylic acids is 2. The van der Waals surface area contributed by atoms with E-state index in [0.717, 1.165) is 0 Å². The lowest BCUT2D eigenvalue weighted by atomic mass is 10.2. The highest BCUT2D eigenvalue weighted by atomic mass is 16.6. The van der Waals surface area contributed by atoms with E-state index in [1.54, 1.807) is 27.7 Å². The van der Waals surface area contributed by atoms with Crippen molar-refractivity contribution in [2.45, 2.75) is 39.3 Å². The largest absolute Gasteiger partial charge is 0.459 e. The minimum atomic E-state index is -0.613. The number of hydrogen-bond donors (Lipinski definition) is 2. The van der Waals surface area contributed by atoms with Crippen molar-refractivity contribution in [3.8, 4) is 0 Å². The Bertz CT molecular complexity index is 219. The van der Waals surface area contributed by atoms with Crippen LogP contribution < -0.4 is 11.1 Å². The zero-order valence-electron chi connectivity index (χ0n) is 9.09. The van der Waals surface area contributed by atoms with E-state index >= 15 is 0 Å². The van der Waals surface area contributed by atoms with Crippen LogP contribution >= 0.6 is 0 Å². The molecular formula is C9H18N2O3. The highest BCUT2D eigenvalue weighted by Gasteiger charge is 2.17. The van der Waals surface area contributed by atoms with Gasteiger partial charge in [-0.15, -0.1) is 0 Å². The highest BCUT2D eigenvalue weighted by Crippen LogP contribution is 2.05. The van der Waals surface area contributed by atoms with Gasteiger partial charge in [0.1, 0.15) is 12.1 Å². The standard InChI is InChI=1S/C9H18N2O3/c1-6(10)8(13)11-5-7(12)14-9(2,3)4/h6H,5,10H2,1-4H3,(H,11,13)/t6-/m1/s1. The van der Waals surface area contributed by atoms with Crippen LogP contribution in [0.2, 0.25) is 0 Å². The lowest BCUT2D eigenvalue weighted by Crippen LogP contribution is -2.42. The Morgan fingerprint density at radius 2 is 1.93 bits per heavy atom. The lowest BCUT2D eigenvalue weighted by molar-refractivity contribution is -0.154. The Morgan fingerprint density at radius 1 is 1.43 bits per heavy atom. The van der Waals surface area contributed by atoms with E-state index in [4.69, 9.17) is 10.5 Å². The third-order valence-corrected chi connectivity index (χ3v) is 1.24. The zero-order valence-corrected chi connectivity index (χ0v) is 9.09. The molecule has 0 aliphatic carbocycles. The minimum absolute atomic E-state index is 0.141. The van der Waals surface area contributed by atoms with Crippen LogP contribution in [0.15, 0.2) is 0 Å². The van der Waals surface area contributed by atoms with Gasteiger partial charge in [0.15, 0.2) is 0 Å². The second-order valence-electron chi connectivity index (χ2n) is 4.09. The average Bonchev–Trinajstić information content (AvgIpc) is 1.96. The predicted octanol–water partition coefficient (Wildman–Crippen LogP) is -0.208. The van der Waals surface area contributed by atoms with Gasteiger partial charge in [-0.1, -0.05) is 0 Å². The van der Waals surface area contributed by atoms with Crippen molar-refractivity contribution in [2.75, 3.05) is 6.54 Å². The Balaban J connectivity index is 3.81. The van der Waals surface area contributed by atoms with Crippen LogP contribution in [0.5, 0.6) is 0 Å². The van der Waals surface area contributed by atoms with Crippen LogP contribution in [0.25, 0.3) is 0 Å². The van der Waals surface area contributed by atoms with Crippen molar-refractivity contribution in [1.82, 2.24) is 5.32 Å². The number of esters is 1. The zero-order chi connectivity index (χ0) is 11.4. The van der Waals surface area contributed by atoms with Gasteiger partial charge in [0.05, 0.1) is 6.04 Å². The van der Waals surface area contributed by atoms with Crippen LogP contribution in [0.3, 0.4) is 0 Å². The van der Waals surface area contributed by atoms with E-state index in [0.29, 0.717) is 0 Å². The molecule has 0 saturated heterocycles. The Morgan fingerprint density at radius 3 is 2.29 bits per heavy atom. The van der Waals surface area contributed by atoms with Crippen LogP contribution in [0.4, 0.5) is 0 Å². The number of hydrogen-bond acceptors (Lipinski definition) is 4. The SMILES string of the molecule is C[C@@H](N)C(=O)NCC(=O)OC(C)(C)C. The van der Waals surface area contributed by atoms with Crippen molar-refractivity contribution in [3.05, 3.63) is 0 Å². The Labute approximate surface area is 84.0 Å². The first-order chi connectivity index (χ1) is 6.22. The van der Waals surface area contributed by atoms with E-state index in [-0.39, 0.29) is 12.5 Å². The van der Waals surface area contributed by atoms with Gasteiger partial charge in [-0.2, -0.15) is 0 Å². The first-order valence-corrected chi connectivity index (χ1v) is 4.47. The second-order valence-corrected chi connectivity index (χ2v) is 4.09. The minimum Gasteiger partial charge on any atom is -0.459 e. The van der Waals surface area contributed by atoms with Crippen molar-refractivity contribution >= 4 is 11.9 Å². The van der Waals surface area contributed by atoms with E-state index in [1.807, 2.05) is 0 Å². The van der Waals surface area contributed by atoms with Gasteiger partial charge in [0.25, 0.3) is 0 Å². The summed E-state index contributed by atoms with van der Waals surface area (Å²) < 4.78 is 4.97. The smallest absolute Gasteiger partial charge is 0.325 e. The van der Waals surface area contributed by atoms with Gasteiger partial charge in [-0.05, 0) is 27.7 Å². The molecule has 0 aliphatic rings. The summed E-state index contributed by atoms with van der Waals surface area (Å²) >= 11 is 0. The quantitative estimate of drug-likeness (QED) is 0.620. The van der Waals surface area contributed by atoms with E-state index in [9.17, 15) is 9.59 Å². The molecule has 0 aromatic heterocycles. The fraction of sp³-hybridized carbons (Fsp3) is 0.778. The maximum Gasteiger partial charge on any atom is 0.325 e. The monoisotopic (exact) mass is 202 g/mol. The lowest BCUT2D eigenvalue weighted by Gasteiger charge is -2.19. The third kappa shape index (κ3) is 6.42. The van der Waals surface area contributed by atoms with Crippen LogP contribution in [-0.2, 0) is 14.3 Å². The second kappa shape index (κ2) is 4.95.